The summed E-state index contributed by atoms with van der Waals surface area (Å²) in [5.41, 5.74) is 7.01. The molecule has 1 aliphatic heterocycles. The summed E-state index contributed by atoms with van der Waals surface area (Å²) in [4.78, 5) is 0. The van der Waals surface area contributed by atoms with Crippen LogP contribution < -0.4 is 5.73 Å². The molecule has 94 valence electrons. The zero-order chi connectivity index (χ0) is 12.6. The molecule has 2 unspecified atom stereocenters. The highest BCUT2D eigenvalue weighted by Crippen LogP contribution is 2.34. The molecule has 0 radical (unpaired) electrons. The number of benzene rings is 1. The number of sulfone groups is 1. The topological polar surface area (TPSA) is 60.2 Å². The molecule has 3 nitrogen and oxygen atoms in total. The summed E-state index contributed by atoms with van der Waals surface area (Å²) in [5.74, 6) is 0.395. The van der Waals surface area contributed by atoms with Crippen molar-refractivity contribution in [2.75, 3.05) is 11.5 Å². The number of rotatable bonds is 2. The molecular weight excluding hydrogens is 326 g/mol. The molecular formula is C11H13BrClNO2S. The summed E-state index contributed by atoms with van der Waals surface area (Å²) in [7, 11) is -2.90. The van der Waals surface area contributed by atoms with Crippen molar-refractivity contribution < 1.29 is 8.42 Å². The van der Waals surface area contributed by atoms with Crippen molar-refractivity contribution in [1.82, 2.24) is 0 Å². The van der Waals surface area contributed by atoms with E-state index in [9.17, 15) is 8.42 Å². The van der Waals surface area contributed by atoms with Gasteiger partial charge < -0.3 is 5.73 Å². The van der Waals surface area contributed by atoms with Crippen LogP contribution in [0.25, 0.3) is 0 Å². The van der Waals surface area contributed by atoms with Gasteiger partial charge in [0.1, 0.15) is 0 Å². The SMILES string of the molecule is NC(c1cc(Cl)ccc1Br)C1CCS(=O)(=O)C1. The summed E-state index contributed by atoms with van der Waals surface area (Å²) in [6.45, 7) is 0. The predicted molar refractivity (Wildman–Crippen MR) is 72.8 cm³/mol. The van der Waals surface area contributed by atoms with Gasteiger partial charge in [-0.2, -0.15) is 0 Å². The molecule has 17 heavy (non-hydrogen) atoms. The Morgan fingerprint density at radius 3 is 2.76 bits per heavy atom. The zero-order valence-electron chi connectivity index (χ0n) is 9.07. The predicted octanol–water partition coefficient (Wildman–Crippen LogP) is 2.54. The lowest BCUT2D eigenvalue weighted by atomic mass is 9.93. The van der Waals surface area contributed by atoms with Crippen molar-refractivity contribution in [1.29, 1.82) is 0 Å². The Hall–Kier alpha value is -0.100. The van der Waals surface area contributed by atoms with Gasteiger partial charge in [0.2, 0.25) is 0 Å². The lowest BCUT2D eigenvalue weighted by Crippen LogP contribution is -2.22. The van der Waals surface area contributed by atoms with Crippen molar-refractivity contribution in [2.24, 2.45) is 11.7 Å². The molecule has 1 aromatic carbocycles. The van der Waals surface area contributed by atoms with Gasteiger partial charge in [-0.05, 0) is 36.1 Å². The van der Waals surface area contributed by atoms with Crippen molar-refractivity contribution >= 4 is 37.4 Å². The average Bonchev–Trinajstić information content (AvgIpc) is 2.61. The second kappa shape index (κ2) is 4.88. The fourth-order valence-electron chi connectivity index (χ4n) is 2.13. The molecule has 0 aliphatic carbocycles. The molecule has 1 saturated heterocycles. The Balaban J connectivity index is 2.26. The third-order valence-corrected chi connectivity index (χ3v) is 5.84. The van der Waals surface area contributed by atoms with E-state index < -0.39 is 9.84 Å². The van der Waals surface area contributed by atoms with Gasteiger partial charge in [0.25, 0.3) is 0 Å². The van der Waals surface area contributed by atoms with Crippen molar-refractivity contribution in [2.45, 2.75) is 12.5 Å². The van der Waals surface area contributed by atoms with Crippen LogP contribution in [0.2, 0.25) is 5.02 Å². The molecule has 1 heterocycles. The number of hydrogen-bond acceptors (Lipinski definition) is 3. The van der Waals surface area contributed by atoms with Crippen molar-refractivity contribution in [3.63, 3.8) is 0 Å². The molecule has 6 heteroatoms. The third-order valence-electron chi connectivity index (χ3n) is 3.09. The normalized spacial score (nSPS) is 24.8. The van der Waals surface area contributed by atoms with Gasteiger partial charge in [-0.15, -0.1) is 0 Å². The first-order valence-corrected chi connectivity index (χ1v) is 8.29. The van der Waals surface area contributed by atoms with E-state index in [0.717, 1.165) is 10.0 Å². The van der Waals surface area contributed by atoms with Gasteiger partial charge in [0.15, 0.2) is 9.84 Å². The highest BCUT2D eigenvalue weighted by molar-refractivity contribution is 9.10. The van der Waals surface area contributed by atoms with E-state index in [-0.39, 0.29) is 23.5 Å². The first-order chi connectivity index (χ1) is 7.89. The molecule has 0 aromatic heterocycles. The van der Waals surface area contributed by atoms with Gasteiger partial charge in [-0.3, -0.25) is 0 Å². The van der Waals surface area contributed by atoms with Gasteiger partial charge in [-0.25, -0.2) is 8.42 Å². The molecule has 0 amide bonds. The standard InChI is InChI=1S/C11H13BrClNO2S/c12-10-2-1-8(13)5-9(10)11(14)7-3-4-17(15,16)6-7/h1-2,5,7,11H,3-4,6,14H2. The second-order valence-electron chi connectivity index (χ2n) is 4.35. The fourth-order valence-corrected chi connectivity index (χ4v) is 4.68. The van der Waals surface area contributed by atoms with Crippen LogP contribution in [-0.4, -0.2) is 19.9 Å². The van der Waals surface area contributed by atoms with E-state index >= 15 is 0 Å². The van der Waals surface area contributed by atoms with Crippen LogP contribution in [0.4, 0.5) is 0 Å². The lowest BCUT2D eigenvalue weighted by molar-refractivity contribution is 0.478. The summed E-state index contributed by atoms with van der Waals surface area (Å²) in [5, 5.41) is 0.611. The Labute approximate surface area is 114 Å². The molecule has 0 spiro atoms. The van der Waals surface area contributed by atoms with E-state index in [1.807, 2.05) is 6.07 Å². The molecule has 2 atom stereocenters. The van der Waals surface area contributed by atoms with Crippen LogP contribution in [-0.2, 0) is 9.84 Å². The highest BCUT2D eigenvalue weighted by atomic mass is 79.9. The minimum absolute atomic E-state index is 0.0187. The fraction of sp³-hybridized carbons (Fsp3) is 0.455. The largest absolute Gasteiger partial charge is 0.324 e. The summed E-state index contributed by atoms with van der Waals surface area (Å²) >= 11 is 9.35. The van der Waals surface area contributed by atoms with Crippen LogP contribution in [0, 0.1) is 5.92 Å². The maximum absolute atomic E-state index is 11.4. The Bertz CT molecular complexity index is 532. The first-order valence-electron chi connectivity index (χ1n) is 5.30. The van der Waals surface area contributed by atoms with Gasteiger partial charge >= 0.3 is 0 Å². The maximum Gasteiger partial charge on any atom is 0.150 e. The molecule has 1 fully saturated rings. The molecule has 0 bridgehead atoms. The van der Waals surface area contributed by atoms with Gasteiger partial charge in [0.05, 0.1) is 11.5 Å². The van der Waals surface area contributed by atoms with Gasteiger partial charge in [0, 0.05) is 15.5 Å². The smallest absolute Gasteiger partial charge is 0.150 e. The van der Waals surface area contributed by atoms with E-state index in [1.165, 1.54) is 0 Å². The highest BCUT2D eigenvalue weighted by Gasteiger charge is 2.33. The minimum atomic E-state index is -2.90. The van der Waals surface area contributed by atoms with Crippen LogP contribution in [0.5, 0.6) is 0 Å². The molecule has 1 aliphatic rings. The number of halogens is 2. The van der Waals surface area contributed by atoms with Crippen LogP contribution >= 0.6 is 27.5 Å². The Morgan fingerprint density at radius 1 is 1.47 bits per heavy atom. The maximum atomic E-state index is 11.4. The first kappa shape index (κ1) is 13.3. The van der Waals surface area contributed by atoms with Gasteiger partial charge in [-0.1, -0.05) is 27.5 Å². The van der Waals surface area contributed by atoms with E-state index in [4.69, 9.17) is 17.3 Å². The molecule has 1 aromatic rings. The summed E-state index contributed by atoms with van der Waals surface area (Å²) < 4.78 is 23.7. The quantitative estimate of drug-likeness (QED) is 0.901. The van der Waals surface area contributed by atoms with Crippen LogP contribution in [0.1, 0.15) is 18.0 Å². The van der Waals surface area contributed by atoms with Crippen molar-refractivity contribution in [3.05, 3.63) is 33.3 Å². The average molecular weight is 339 g/mol. The van der Waals surface area contributed by atoms with E-state index in [0.29, 0.717) is 11.4 Å². The number of hydrogen-bond donors (Lipinski definition) is 1. The minimum Gasteiger partial charge on any atom is -0.324 e. The zero-order valence-corrected chi connectivity index (χ0v) is 12.2. The van der Waals surface area contributed by atoms with E-state index in [1.54, 1.807) is 12.1 Å². The second-order valence-corrected chi connectivity index (χ2v) is 7.87. The van der Waals surface area contributed by atoms with Crippen LogP contribution in [0.3, 0.4) is 0 Å². The molecule has 2 rings (SSSR count). The summed E-state index contributed by atoms with van der Waals surface area (Å²) in [6, 6.07) is 5.11. The van der Waals surface area contributed by atoms with E-state index in [2.05, 4.69) is 15.9 Å². The monoisotopic (exact) mass is 337 g/mol. The third kappa shape index (κ3) is 3.02. The Kier molecular flexibility index (Phi) is 3.83. The van der Waals surface area contributed by atoms with Crippen molar-refractivity contribution in [3.8, 4) is 0 Å². The molecule has 2 N–H and O–H groups in total. The number of nitrogens with two attached hydrogens (primary N) is 1. The lowest BCUT2D eigenvalue weighted by Gasteiger charge is -2.19. The molecule has 0 saturated carbocycles. The van der Waals surface area contributed by atoms with Crippen LogP contribution in [0.15, 0.2) is 22.7 Å². The summed E-state index contributed by atoms with van der Waals surface area (Å²) in [6.07, 6.45) is 0.627. The Morgan fingerprint density at radius 2 is 2.18 bits per heavy atom.